The van der Waals surface area contributed by atoms with E-state index in [4.69, 9.17) is 14.5 Å². The second kappa shape index (κ2) is 8.14. The van der Waals surface area contributed by atoms with Crippen LogP contribution < -0.4 is 14.8 Å². The molecule has 1 unspecified atom stereocenters. The minimum atomic E-state index is 0.120. The molecule has 0 bridgehead atoms. The Morgan fingerprint density at radius 1 is 1.08 bits per heavy atom. The van der Waals surface area contributed by atoms with Crippen molar-refractivity contribution in [3.05, 3.63) is 64.5 Å². The van der Waals surface area contributed by atoms with Crippen LogP contribution >= 0.6 is 11.3 Å². The molecule has 0 spiro atoms. The lowest BCUT2D eigenvalue weighted by molar-refractivity contribution is 0.391. The summed E-state index contributed by atoms with van der Waals surface area (Å²) in [6, 6.07) is 16.2. The quantitative estimate of drug-likeness (QED) is 0.669. The summed E-state index contributed by atoms with van der Waals surface area (Å²) in [6.45, 7) is 2.82. The van der Waals surface area contributed by atoms with Crippen molar-refractivity contribution in [2.24, 2.45) is 0 Å². The maximum absolute atomic E-state index is 5.47. The lowest BCUT2D eigenvalue weighted by Gasteiger charge is -2.17. The van der Waals surface area contributed by atoms with Crippen molar-refractivity contribution in [2.75, 3.05) is 14.2 Å². The fourth-order valence-corrected chi connectivity index (χ4v) is 3.42. The summed E-state index contributed by atoms with van der Waals surface area (Å²) in [5, 5.41) is 6.68. The minimum absolute atomic E-state index is 0.120. The first-order chi connectivity index (χ1) is 12.2. The fourth-order valence-electron chi connectivity index (χ4n) is 2.66. The molecule has 3 rings (SSSR count). The van der Waals surface area contributed by atoms with Crippen molar-refractivity contribution in [1.82, 2.24) is 10.3 Å². The van der Waals surface area contributed by atoms with Gasteiger partial charge in [-0.2, -0.15) is 0 Å². The first-order valence-electron chi connectivity index (χ1n) is 8.16. The number of ether oxygens (including phenoxy) is 2. The van der Waals surface area contributed by atoms with E-state index in [1.807, 2.05) is 36.4 Å². The molecule has 3 aromatic rings. The molecule has 1 heterocycles. The SMILES string of the molecule is COc1ccc(OC)c(C(C)NCc2nc(-c3ccccc3)cs2)c1. The molecule has 1 aromatic heterocycles. The zero-order valence-electron chi connectivity index (χ0n) is 14.7. The smallest absolute Gasteiger partial charge is 0.123 e. The number of methoxy groups -OCH3 is 2. The third-order valence-corrected chi connectivity index (χ3v) is 4.93. The average molecular weight is 354 g/mol. The molecule has 2 aromatic carbocycles. The van der Waals surface area contributed by atoms with Gasteiger partial charge in [0.1, 0.15) is 16.5 Å². The highest BCUT2D eigenvalue weighted by molar-refractivity contribution is 7.09. The largest absolute Gasteiger partial charge is 0.497 e. The molecule has 0 aliphatic carbocycles. The molecule has 25 heavy (non-hydrogen) atoms. The van der Waals surface area contributed by atoms with Gasteiger partial charge in [-0.3, -0.25) is 0 Å². The predicted octanol–water partition coefficient (Wildman–Crippen LogP) is 4.68. The van der Waals surface area contributed by atoms with Crippen molar-refractivity contribution in [2.45, 2.75) is 19.5 Å². The Kier molecular flexibility index (Phi) is 5.68. The average Bonchev–Trinajstić information content (AvgIpc) is 3.15. The van der Waals surface area contributed by atoms with E-state index < -0.39 is 0 Å². The predicted molar refractivity (Wildman–Crippen MR) is 102 cm³/mol. The molecular formula is C20H22N2O2S. The molecule has 0 amide bonds. The van der Waals surface area contributed by atoms with Crippen LogP contribution in [-0.4, -0.2) is 19.2 Å². The van der Waals surface area contributed by atoms with Crippen LogP contribution in [0.5, 0.6) is 11.5 Å². The van der Waals surface area contributed by atoms with E-state index in [1.165, 1.54) is 0 Å². The maximum Gasteiger partial charge on any atom is 0.123 e. The zero-order valence-corrected chi connectivity index (χ0v) is 15.5. The van der Waals surface area contributed by atoms with Gasteiger partial charge in [-0.05, 0) is 25.1 Å². The highest BCUT2D eigenvalue weighted by Crippen LogP contribution is 2.29. The third-order valence-electron chi connectivity index (χ3n) is 4.08. The molecular weight excluding hydrogens is 332 g/mol. The van der Waals surface area contributed by atoms with Gasteiger partial charge in [0.05, 0.1) is 19.9 Å². The van der Waals surface area contributed by atoms with Crippen molar-refractivity contribution >= 4 is 11.3 Å². The van der Waals surface area contributed by atoms with Crippen LogP contribution in [0.2, 0.25) is 0 Å². The summed E-state index contributed by atoms with van der Waals surface area (Å²) in [5.74, 6) is 1.68. The Morgan fingerprint density at radius 2 is 1.88 bits per heavy atom. The molecule has 0 fully saturated rings. The molecule has 0 saturated heterocycles. The molecule has 5 heteroatoms. The third kappa shape index (κ3) is 4.18. The second-order valence-electron chi connectivity index (χ2n) is 5.70. The van der Waals surface area contributed by atoms with Crippen LogP contribution in [0.1, 0.15) is 23.5 Å². The van der Waals surface area contributed by atoms with Crippen molar-refractivity contribution in [3.8, 4) is 22.8 Å². The number of thiazole rings is 1. The lowest BCUT2D eigenvalue weighted by Crippen LogP contribution is -2.18. The van der Waals surface area contributed by atoms with E-state index in [9.17, 15) is 0 Å². The van der Waals surface area contributed by atoms with Crippen LogP contribution in [0.15, 0.2) is 53.9 Å². The highest BCUT2D eigenvalue weighted by Gasteiger charge is 2.13. The number of benzene rings is 2. The lowest BCUT2D eigenvalue weighted by atomic mass is 10.1. The molecule has 130 valence electrons. The van der Waals surface area contributed by atoms with Crippen molar-refractivity contribution in [1.29, 1.82) is 0 Å². The Labute approximate surface area is 152 Å². The topological polar surface area (TPSA) is 43.4 Å². The number of aromatic nitrogens is 1. The highest BCUT2D eigenvalue weighted by atomic mass is 32.1. The van der Waals surface area contributed by atoms with Crippen LogP contribution in [0.25, 0.3) is 11.3 Å². The fraction of sp³-hybridized carbons (Fsp3) is 0.250. The summed E-state index contributed by atoms with van der Waals surface area (Å²) in [4.78, 5) is 4.72. The van der Waals surface area contributed by atoms with Gasteiger partial charge in [-0.15, -0.1) is 11.3 Å². The summed E-state index contributed by atoms with van der Waals surface area (Å²) in [7, 11) is 3.36. The van der Waals surface area contributed by atoms with Crippen LogP contribution in [0.3, 0.4) is 0 Å². The molecule has 0 radical (unpaired) electrons. The van der Waals surface area contributed by atoms with Crippen molar-refractivity contribution < 1.29 is 9.47 Å². The number of rotatable bonds is 7. The summed E-state index contributed by atoms with van der Waals surface area (Å²) >= 11 is 1.67. The van der Waals surface area contributed by atoms with Gasteiger partial charge >= 0.3 is 0 Å². The van der Waals surface area contributed by atoms with Gasteiger partial charge in [-0.25, -0.2) is 4.98 Å². The van der Waals surface area contributed by atoms with Crippen LogP contribution in [-0.2, 0) is 6.54 Å². The molecule has 0 aliphatic rings. The van der Waals surface area contributed by atoms with E-state index >= 15 is 0 Å². The molecule has 1 atom stereocenters. The van der Waals surface area contributed by atoms with Gasteiger partial charge in [0.2, 0.25) is 0 Å². The van der Waals surface area contributed by atoms with Gasteiger partial charge in [-0.1, -0.05) is 30.3 Å². The number of nitrogens with zero attached hydrogens (tertiary/aromatic N) is 1. The Morgan fingerprint density at radius 3 is 2.60 bits per heavy atom. The number of nitrogens with one attached hydrogen (secondary N) is 1. The van der Waals surface area contributed by atoms with Crippen LogP contribution in [0.4, 0.5) is 0 Å². The summed E-state index contributed by atoms with van der Waals surface area (Å²) in [6.07, 6.45) is 0. The summed E-state index contributed by atoms with van der Waals surface area (Å²) in [5.41, 5.74) is 3.24. The summed E-state index contributed by atoms with van der Waals surface area (Å²) < 4.78 is 10.8. The van der Waals surface area contributed by atoms with Gasteiger partial charge in [0.15, 0.2) is 0 Å². The number of hydrogen-bond acceptors (Lipinski definition) is 5. The number of hydrogen-bond donors (Lipinski definition) is 1. The first-order valence-corrected chi connectivity index (χ1v) is 9.04. The molecule has 1 N–H and O–H groups in total. The van der Waals surface area contributed by atoms with E-state index in [0.29, 0.717) is 6.54 Å². The Hall–Kier alpha value is -2.37. The molecule has 0 saturated carbocycles. The Bertz CT molecular complexity index is 818. The van der Waals surface area contributed by atoms with Gasteiger partial charge in [0, 0.05) is 29.1 Å². The Balaban J connectivity index is 1.69. The van der Waals surface area contributed by atoms with E-state index in [2.05, 4.69) is 29.8 Å². The van der Waals surface area contributed by atoms with Gasteiger partial charge < -0.3 is 14.8 Å². The minimum Gasteiger partial charge on any atom is -0.497 e. The second-order valence-corrected chi connectivity index (χ2v) is 6.65. The normalized spacial score (nSPS) is 12.0. The van der Waals surface area contributed by atoms with Gasteiger partial charge in [0.25, 0.3) is 0 Å². The molecule has 0 aliphatic heterocycles. The monoisotopic (exact) mass is 354 g/mol. The standard InChI is InChI=1S/C20H22N2O2S/c1-14(17-11-16(23-2)9-10-19(17)24-3)21-12-20-22-18(13-25-20)15-7-5-4-6-8-15/h4-11,13-14,21H,12H2,1-3H3. The van der Waals surface area contributed by atoms with Crippen molar-refractivity contribution in [3.63, 3.8) is 0 Å². The van der Waals surface area contributed by atoms with E-state index in [-0.39, 0.29) is 6.04 Å². The molecule has 4 nitrogen and oxygen atoms in total. The first kappa shape index (κ1) is 17.5. The van der Waals surface area contributed by atoms with E-state index in [0.717, 1.165) is 33.3 Å². The van der Waals surface area contributed by atoms with E-state index in [1.54, 1.807) is 25.6 Å². The zero-order chi connectivity index (χ0) is 17.6. The maximum atomic E-state index is 5.47. The van der Waals surface area contributed by atoms with Crippen LogP contribution in [0, 0.1) is 0 Å².